The summed E-state index contributed by atoms with van der Waals surface area (Å²) in [6.45, 7) is 6.40. The topological polar surface area (TPSA) is 33.1 Å². The van der Waals surface area contributed by atoms with Crippen LogP contribution in [0, 0.1) is 18.8 Å². The molecular formula is C15H23NO. The highest BCUT2D eigenvalue weighted by Gasteiger charge is 2.41. The van der Waals surface area contributed by atoms with Gasteiger partial charge in [-0.05, 0) is 37.7 Å². The van der Waals surface area contributed by atoms with Crippen molar-refractivity contribution in [1.82, 2.24) is 4.98 Å². The minimum absolute atomic E-state index is 0.362. The zero-order chi connectivity index (χ0) is 12.5. The molecule has 2 rings (SSSR count). The number of rotatable bonds is 2. The molecule has 0 aromatic carbocycles. The van der Waals surface area contributed by atoms with Gasteiger partial charge in [-0.3, -0.25) is 4.98 Å². The molecule has 2 atom stereocenters. The van der Waals surface area contributed by atoms with Crippen LogP contribution in [0.4, 0.5) is 0 Å². The van der Waals surface area contributed by atoms with Crippen LogP contribution in [0.25, 0.3) is 0 Å². The van der Waals surface area contributed by atoms with Crippen molar-refractivity contribution in [2.75, 3.05) is 0 Å². The maximum absolute atomic E-state index is 11.0. The van der Waals surface area contributed by atoms with Crippen LogP contribution in [-0.4, -0.2) is 10.1 Å². The molecule has 1 fully saturated rings. The second-order valence-electron chi connectivity index (χ2n) is 5.71. The molecule has 2 heteroatoms. The van der Waals surface area contributed by atoms with Crippen molar-refractivity contribution in [3.8, 4) is 0 Å². The first-order valence-electron chi connectivity index (χ1n) is 6.69. The lowest BCUT2D eigenvalue weighted by molar-refractivity contribution is -0.0723. The van der Waals surface area contributed by atoms with Gasteiger partial charge in [0, 0.05) is 17.5 Å². The summed E-state index contributed by atoms with van der Waals surface area (Å²) in [5.74, 6) is 0.877. The zero-order valence-corrected chi connectivity index (χ0v) is 11.1. The van der Waals surface area contributed by atoms with Crippen molar-refractivity contribution in [2.24, 2.45) is 11.8 Å². The van der Waals surface area contributed by atoms with E-state index < -0.39 is 5.60 Å². The Morgan fingerprint density at radius 1 is 1.35 bits per heavy atom. The maximum atomic E-state index is 11.0. The van der Waals surface area contributed by atoms with Gasteiger partial charge in [0.2, 0.25) is 0 Å². The van der Waals surface area contributed by atoms with E-state index in [4.69, 9.17) is 0 Å². The van der Waals surface area contributed by atoms with Gasteiger partial charge in [0.05, 0.1) is 5.60 Å². The molecule has 1 aromatic heterocycles. The molecule has 2 unspecified atom stereocenters. The molecule has 1 heterocycles. The van der Waals surface area contributed by atoms with Gasteiger partial charge in [-0.2, -0.15) is 0 Å². The summed E-state index contributed by atoms with van der Waals surface area (Å²) >= 11 is 0. The molecule has 1 saturated carbocycles. The van der Waals surface area contributed by atoms with Gasteiger partial charge in [0.15, 0.2) is 0 Å². The van der Waals surface area contributed by atoms with Crippen molar-refractivity contribution in [3.63, 3.8) is 0 Å². The van der Waals surface area contributed by atoms with Crippen LogP contribution in [0.3, 0.4) is 0 Å². The molecule has 1 aliphatic rings. The van der Waals surface area contributed by atoms with E-state index in [1.807, 2.05) is 25.3 Å². The molecule has 0 amide bonds. The molecule has 0 bridgehead atoms. The van der Waals surface area contributed by atoms with Crippen LogP contribution in [0.5, 0.6) is 0 Å². The highest BCUT2D eigenvalue weighted by molar-refractivity contribution is 5.22. The van der Waals surface area contributed by atoms with E-state index in [1.54, 1.807) is 0 Å². The molecule has 1 N–H and O–H groups in total. The summed E-state index contributed by atoms with van der Waals surface area (Å²) < 4.78 is 0. The van der Waals surface area contributed by atoms with Gasteiger partial charge in [-0.1, -0.05) is 32.8 Å². The standard InChI is InChI=1S/C15H23NO/c1-11(2)14-6-4-5-9-15(14,17)13-8-7-12(3)16-10-13/h7-8,10-11,14,17H,4-6,9H2,1-3H3. The predicted octanol–water partition coefficient (Wildman–Crippen LogP) is 3.42. The molecule has 0 spiro atoms. The second-order valence-corrected chi connectivity index (χ2v) is 5.71. The summed E-state index contributed by atoms with van der Waals surface area (Å²) in [7, 11) is 0. The van der Waals surface area contributed by atoms with E-state index in [0.29, 0.717) is 11.8 Å². The Labute approximate surface area is 104 Å². The first-order valence-corrected chi connectivity index (χ1v) is 6.69. The number of hydrogen-bond donors (Lipinski definition) is 1. The average Bonchev–Trinajstić information content (AvgIpc) is 2.29. The van der Waals surface area contributed by atoms with Crippen molar-refractivity contribution in [2.45, 2.75) is 52.1 Å². The molecule has 1 aliphatic carbocycles. The van der Waals surface area contributed by atoms with E-state index in [1.165, 1.54) is 6.42 Å². The van der Waals surface area contributed by atoms with Gasteiger partial charge >= 0.3 is 0 Å². The first kappa shape index (κ1) is 12.6. The van der Waals surface area contributed by atoms with Crippen molar-refractivity contribution in [3.05, 3.63) is 29.6 Å². The molecule has 0 radical (unpaired) electrons. The lowest BCUT2D eigenvalue weighted by Gasteiger charge is -2.42. The predicted molar refractivity (Wildman–Crippen MR) is 69.7 cm³/mol. The zero-order valence-electron chi connectivity index (χ0n) is 11.1. The number of aryl methyl sites for hydroxylation is 1. The Morgan fingerprint density at radius 2 is 2.12 bits per heavy atom. The summed E-state index contributed by atoms with van der Waals surface area (Å²) in [5, 5.41) is 11.0. The van der Waals surface area contributed by atoms with Gasteiger partial charge in [0.25, 0.3) is 0 Å². The van der Waals surface area contributed by atoms with Gasteiger partial charge < -0.3 is 5.11 Å². The Hall–Kier alpha value is -0.890. The molecule has 94 valence electrons. The van der Waals surface area contributed by atoms with Crippen molar-refractivity contribution < 1.29 is 5.11 Å². The monoisotopic (exact) mass is 233 g/mol. The smallest absolute Gasteiger partial charge is 0.0941 e. The van der Waals surface area contributed by atoms with Crippen LogP contribution in [0.1, 0.15) is 50.8 Å². The molecule has 0 aliphatic heterocycles. The molecule has 0 saturated heterocycles. The summed E-state index contributed by atoms with van der Waals surface area (Å²) in [5.41, 5.74) is 1.35. The number of nitrogens with zero attached hydrogens (tertiary/aromatic N) is 1. The quantitative estimate of drug-likeness (QED) is 0.849. The third-order valence-electron chi connectivity index (χ3n) is 4.15. The third kappa shape index (κ3) is 2.37. The Kier molecular flexibility index (Phi) is 3.53. The average molecular weight is 233 g/mol. The fourth-order valence-electron chi connectivity index (χ4n) is 3.15. The fourth-order valence-corrected chi connectivity index (χ4v) is 3.15. The molecule has 2 nitrogen and oxygen atoms in total. The van der Waals surface area contributed by atoms with Gasteiger partial charge in [0.1, 0.15) is 0 Å². The van der Waals surface area contributed by atoms with Crippen LogP contribution in [-0.2, 0) is 5.60 Å². The van der Waals surface area contributed by atoms with Crippen molar-refractivity contribution in [1.29, 1.82) is 0 Å². The lowest BCUT2D eigenvalue weighted by atomic mass is 9.67. The summed E-state index contributed by atoms with van der Waals surface area (Å²) in [6, 6.07) is 4.04. The Bertz CT molecular complexity index is 371. The molecule has 17 heavy (non-hydrogen) atoms. The third-order valence-corrected chi connectivity index (χ3v) is 4.15. The second kappa shape index (κ2) is 4.77. The van der Waals surface area contributed by atoms with Gasteiger partial charge in [-0.15, -0.1) is 0 Å². The van der Waals surface area contributed by atoms with Crippen molar-refractivity contribution >= 4 is 0 Å². The van der Waals surface area contributed by atoms with Crippen LogP contribution in [0.15, 0.2) is 18.3 Å². The van der Waals surface area contributed by atoms with Crippen LogP contribution >= 0.6 is 0 Å². The fraction of sp³-hybridized carbons (Fsp3) is 0.667. The summed E-state index contributed by atoms with van der Waals surface area (Å²) in [4.78, 5) is 4.33. The van der Waals surface area contributed by atoms with E-state index in [0.717, 1.165) is 30.5 Å². The summed E-state index contributed by atoms with van der Waals surface area (Å²) in [6.07, 6.45) is 6.22. The highest BCUT2D eigenvalue weighted by Crippen LogP contribution is 2.44. The Balaban J connectivity index is 2.34. The van der Waals surface area contributed by atoms with Crippen LogP contribution in [0.2, 0.25) is 0 Å². The number of aliphatic hydroxyl groups is 1. The SMILES string of the molecule is Cc1ccc(C2(O)CCCCC2C(C)C)cn1. The van der Waals surface area contributed by atoms with E-state index in [2.05, 4.69) is 18.8 Å². The minimum Gasteiger partial charge on any atom is -0.385 e. The number of hydrogen-bond acceptors (Lipinski definition) is 2. The molecule has 1 aromatic rings. The maximum Gasteiger partial charge on any atom is 0.0941 e. The first-order chi connectivity index (χ1) is 8.04. The van der Waals surface area contributed by atoms with E-state index in [9.17, 15) is 5.11 Å². The Morgan fingerprint density at radius 3 is 2.71 bits per heavy atom. The highest BCUT2D eigenvalue weighted by atomic mass is 16.3. The normalized spacial score (nSPS) is 29.6. The minimum atomic E-state index is -0.660. The van der Waals surface area contributed by atoms with E-state index in [-0.39, 0.29) is 0 Å². The largest absolute Gasteiger partial charge is 0.385 e. The lowest BCUT2D eigenvalue weighted by Crippen LogP contribution is -2.40. The number of aromatic nitrogens is 1. The number of pyridine rings is 1. The van der Waals surface area contributed by atoms with Crippen LogP contribution < -0.4 is 0 Å². The van der Waals surface area contributed by atoms with E-state index >= 15 is 0 Å². The van der Waals surface area contributed by atoms with Gasteiger partial charge in [-0.25, -0.2) is 0 Å². The molecular weight excluding hydrogens is 210 g/mol.